The Labute approximate surface area is 92.9 Å². The summed E-state index contributed by atoms with van der Waals surface area (Å²) in [5.41, 5.74) is -1.23. The highest BCUT2D eigenvalue weighted by molar-refractivity contribution is 5.28. The van der Waals surface area contributed by atoms with Crippen LogP contribution in [0.3, 0.4) is 0 Å². The number of alkyl halides is 3. The lowest BCUT2D eigenvalue weighted by Gasteiger charge is -2.23. The minimum atomic E-state index is -4.32. The van der Waals surface area contributed by atoms with Gasteiger partial charge in [-0.2, -0.15) is 13.2 Å². The van der Waals surface area contributed by atoms with Gasteiger partial charge in [0.2, 0.25) is 0 Å². The Balaban J connectivity index is 2.95. The predicted octanol–water partition coefficient (Wildman–Crippen LogP) is 3.71. The van der Waals surface area contributed by atoms with Gasteiger partial charge in [-0.05, 0) is 31.0 Å². The summed E-state index contributed by atoms with van der Waals surface area (Å²) in [5, 5.41) is 10.00. The largest absolute Gasteiger partial charge is 0.416 e. The molecule has 0 spiro atoms. The monoisotopic (exact) mass is 232 g/mol. The van der Waals surface area contributed by atoms with Crippen molar-refractivity contribution >= 4 is 0 Å². The van der Waals surface area contributed by atoms with E-state index in [9.17, 15) is 18.3 Å². The van der Waals surface area contributed by atoms with Gasteiger partial charge in [0.15, 0.2) is 0 Å². The van der Waals surface area contributed by atoms with Crippen molar-refractivity contribution in [3.63, 3.8) is 0 Å². The normalized spacial score (nSPS) is 15.9. The van der Waals surface area contributed by atoms with Crippen LogP contribution in [-0.4, -0.2) is 5.11 Å². The smallest absolute Gasteiger partial charge is 0.385 e. The van der Waals surface area contributed by atoms with Gasteiger partial charge in [0.1, 0.15) is 0 Å². The third-order valence-electron chi connectivity index (χ3n) is 2.57. The Morgan fingerprint density at radius 2 is 1.50 bits per heavy atom. The molecule has 1 nitrogen and oxygen atoms in total. The van der Waals surface area contributed by atoms with E-state index < -0.39 is 17.3 Å². The molecule has 0 radical (unpaired) electrons. The van der Waals surface area contributed by atoms with E-state index in [-0.39, 0.29) is 0 Å². The van der Waals surface area contributed by atoms with E-state index in [4.69, 9.17) is 0 Å². The number of hydrogen-bond acceptors (Lipinski definition) is 1. The van der Waals surface area contributed by atoms with E-state index in [0.29, 0.717) is 12.0 Å². The summed E-state index contributed by atoms with van der Waals surface area (Å²) in [7, 11) is 0. The molecule has 90 valence electrons. The summed E-state index contributed by atoms with van der Waals surface area (Å²) in [4.78, 5) is 0. The van der Waals surface area contributed by atoms with Gasteiger partial charge in [0.25, 0.3) is 0 Å². The lowest BCUT2D eigenvalue weighted by Crippen LogP contribution is -2.20. The van der Waals surface area contributed by atoms with Gasteiger partial charge >= 0.3 is 6.18 Å². The number of aliphatic hydroxyl groups is 1. The molecule has 1 rings (SSSR count). The standard InChI is InChI=1S/C12H15F3O/c1-3-8-11(2,16)9-4-6-10(7-5-9)12(13,14)15/h4-7,16H,3,8H2,1-2H3. The average Bonchev–Trinajstić information content (AvgIpc) is 2.16. The van der Waals surface area contributed by atoms with Crippen LogP contribution in [0.1, 0.15) is 37.8 Å². The average molecular weight is 232 g/mol. The van der Waals surface area contributed by atoms with Gasteiger partial charge in [-0.15, -0.1) is 0 Å². The Kier molecular flexibility index (Phi) is 3.63. The first-order valence-electron chi connectivity index (χ1n) is 5.17. The molecule has 0 saturated carbocycles. The Morgan fingerprint density at radius 1 is 1.06 bits per heavy atom. The minimum absolute atomic E-state index is 0.516. The Hall–Kier alpha value is -1.03. The predicted molar refractivity (Wildman–Crippen MR) is 55.9 cm³/mol. The summed E-state index contributed by atoms with van der Waals surface area (Å²) in [6.45, 7) is 3.53. The first-order chi connectivity index (χ1) is 7.27. The van der Waals surface area contributed by atoms with Crippen LogP contribution < -0.4 is 0 Å². The van der Waals surface area contributed by atoms with Gasteiger partial charge in [-0.1, -0.05) is 25.5 Å². The second-order valence-electron chi connectivity index (χ2n) is 4.10. The SMILES string of the molecule is CCCC(C)(O)c1ccc(C(F)(F)F)cc1. The second kappa shape index (κ2) is 4.45. The van der Waals surface area contributed by atoms with Gasteiger partial charge in [0.05, 0.1) is 11.2 Å². The maximum atomic E-state index is 12.3. The Bertz CT molecular complexity index is 338. The molecule has 1 aromatic rings. The van der Waals surface area contributed by atoms with Crippen molar-refractivity contribution in [2.75, 3.05) is 0 Å². The third-order valence-corrected chi connectivity index (χ3v) is 2.57. The molecule has 0 aliphatic rings. The topological polar surface area (TPSA) is 20.2 Å². The quantitative estimate of drug-likeness (QED) is 0.842. The molecule has 0 aliphatic carbocycles. The maximum Gasteiger partial charge on any atom is 0.416 e. The maximum absolute atomic E-state index is 12.3. The highest BCUT2D eigenvalue weighted by Crippen LogP contribution is 2.32. The number of rotatable bonds is 3. The van der Waals surface area contributed by atoms with Crippen LogP contribution in [0.25, 0.3) is 0 Å². The first kappa shape index (κ1) is 13.0. The minimum Gasteiger partial charge on any atom is -0.385 e. The summed E-state index contributed by atoms with van der Waals surface area (Å²) in [6, 6.07) is 4.66. The summed E-state index contributed by atoms with van der Waals surface area (Å²) >= 11 is 0. The molecule has 1 atom stereocenters. The zero-order valence-electron chi connectivity index (χ0n) is 9.30. The van der Waals surface area contributed by atoms with Crippen LogP contribution in [0.5, 0.6) is 0 Å². The molecular formula is C12H15F3O. The molecule has 16 heavy (non-hydrogen) atoms. The molecule has 0 fully saturated rings. The fourth-order valence-corrected chi connectivity index (χ4v) is 1.65. The zero-order valence-corrected chi connectivity index (χ0v) is 9.30. The van der Waals surface area contributed by atoms with Crippen LogP contribution in [0, 0.1) is 0 Å². The molecule has 1 unspecified atom stereocenters. The number of halogens is 3. The summed E-state index contributed by atoms with van der Waals surface area (Å²) < 4.78 is 36.9. The van der Waals surface area contributed by atoms with Gasteiger partial charge in [0, 0.05) is 0 Å². The van der Waals surface area contributed by atoms with Crippen molar-refractivity contribution in [1.82, 2.24) is 0 Å². The molecule has 0 bridgehead atoms. The van der Waals surface area contributed by atoms with Gasteiger partial charge in [-0.25, -0.2) is 0 Å². The number of hydrogen-bond donors (Lipinski definition) is 1. The van der Waals surface area contributed by atoms with Crippen LogP contribution >= 0.6 is 0 Å². The van der Waals surface area contributed by atoms with E-state index in [1.54, 1.807) is 6.92 Å². The van der Waals surface area contributed by atoms with E-state index in [1.807, 2.05) is 6.92 Å². The first-order valence-corrected chi connectivity index (χ1v) is 5.17. The third kappa shape index (κ3) is 2.98. The van der Waals surface area contributed by atoms with Crippen molar-refractivity contribution in [3.8, 4) is 0 Å². The van der Waals surface area contributed by atoms with Crippen molar-refractivity contribution in [2.24, 2.45) is 0 Å². The van der Waals surface area contributed by atoms with Crippen molar-refractivity contribution in [3.05, 3.63) is 35.4 Å². The van der Waals surface area contributed by atoms with Crippen LogP contribution in [0.15, 0.2) is 24.3 Å². The van der Waals surface area contributed by atoms with E-state index in [1.165, 1.54) is 12.1 Å². The number of benzene rings is 1. The fourth-order valence-electron chi connectivity index (χ4n) is 1.65. The van der Waals surface area contributed by atoms with E-state index >= 15 is 0 Å². The van der Waals surface area contributed by atoms with Crippen molar-refractivity contribution < 1.29 is 18.3 Å². The van der Waals surface area contributed by atoms with E-state index in [2.05, 4.69) is 0 Å². The molecule has 0 aromatic heterocycles. The second-order valence-corrected chi connectivity index (χ2v) is 4.10. The highest BCUT2D eigenvalue weighted by atomic mass is 19.4. The molecule has 1 N–H and O–H groups in total. The van der Waals surface area contributed by atoms with Crippen molar-refractivity contribution in [1.29, 1.82) is 0 Å². The molecule has 0 amide bonds. The van der Waals surface area contributed by atoms with Crippen LogP contribution in [0.2, 0.25) is 0 Å². The zero-order chi connectivity index (χ0) is 12.4. The molecule has 4 heteroatoms. The molecule has 0 aliphatic heterocycles. The highest BCUT2D eigenvalue weighted by Gasteiger charge is 2.31. The molecule has 0 saturated heterocycles. The Morgan fingerprint density at radius 3 is 1.88 bits per heavy atom. The van der Waals surface area contributed by atoms with Gasteiger partial charge < -0.3 is 5.11 Å². The molecule has 1 aromatic carbocycles. The van der Waals surface area contributed by atoms with Crippen LogP contribution in [0.4, 0.5) is 13.2 Å². The fraction of sp³-hybridized carbons (Fsp3) is 0.500. The summed E-state index contributed by atoms with van der Waals surface area (Å²) in [5.74, 6) is 0. The van der Waals surface area contributed by atoms with Gasteiger partial charge in [-0.3, -0.25) is 0 Å². The lowest BCUT2D eigenvalue weighted by atomic mass is 9.91. The van der Waals surface area contributed by atoms with Crippen molar-refractivity contribution in [2.45, 2.75) is 38.5 Å². The molecular weight excluding hydrogens is 217 g/mol. The lowest BCUT2D eigenvalue weighted by molar-refractivity contribution is -0.137. The van der Waals surface area contributed by atoms with Crippen LogP contribution in [-0.2, 0) is 11.8 Å². The van der Waals surface area contributed by atoms with E-state index in [0.717, 1.165) is 18.6 Å². The summed E-state index contributed by atoms with van der Waals surface area (Å²) in [6.07, 6.45) is -3.03. The molecule has 0 heterocycles.